The third-order valence-corrected chi connectivity index (χ3v) is 6.12. The molecule has 0 aliphatic carbocycles. The second-order valence-corrected chi connectivity index (χ2v) is 8.54. The topological polar surface area (TPSA) is 65.8 Å². The van der Waals surface area contributed by atoms with Crippen LogP contribution in [0.3, 0.4) is 0 Å². The number of anilines is 1. The van der Waals surface area contributed by atoms with Gasteiger partial charge in [0.15, 0.2) is 0 Å². The minimum atomic E-state index is -1.30. The molecule has 0 saturated carbocycles. The number of hydrogen-bond acceptors (Lipinski definition) is 4. The highest BCUT2D eigenvalue weighted by atomic mass is 19.1. The van der Waals surface area contributed by atoms with E-state index >= 15 is 4.39 Å². The van der Waals surface area contributed by atoms with Gasteiger partial charge in [-0.25, -0.2) is 9.18 Å². The molecule has 7 heteroatoms. The highest BCUT2D eigenvalue weighted by Gasteiger charge is 2.22. The number of carboxylic acid groups (broad SMARTS) is 1. The second kappa shape index (κ2) is 8.74. The minimum Gasteiger partial charge on any atom is -0.477 e. The fourth-order valence-electron chi connectivity index (χ4n) is 4.62. The van der Waals surface area contributed by atoms with E-state index in [0.29, 0.717) is 30.8 Å². The number of carboxylic acids is 1. The lowest BCUT2D eigenvalue weighted by atomic mass is 10.1. The number of pyridine rings is 1. The molecule has 1 saturated heterocycles. The maximum Gasteiger partial charge on any atom is 0.341 e. The largest absolute Gasteiger partial charge is 0.477 e. The van der Waals surface area contributed by atoms with Crippen molar-refractivity contribution in [2.75, 3.05) is 31.1 Å². The Morgan fingerprint density at radius 3 is 2.28 bits per heavy atom. The summed E-state index contributed by atoms with van der Waals surface area (Å²) in [5.41, 5.74) is 3.81. The molecule has 6 nitrogen and oxygen atoms in total. The first-order chi connectivity index (χ1) is 15.3. The van der Waals surface area contributed by atoms with E-state index in [1.165, 1.54) is 29.0 Å². The van der Waals surface area contributed by atoms with Gasteiger partial charge in [-0.3, -0.25) is 9.69 Å². The number of hydrogen-bond donors (Lipinski definition) is 1. The van der Waals surface area contributed by atoms with Gasteiger partial charge in [0.05, 0.1) is 11.2 Å². The molecule has 0 bridgehead atoms. The Bertz CT molecular complexity index is 1220. The molecule has 0 spiro atoms. The Morgan fingerprint density at radius 2 is 1.69 bits per heavy atom. The van der Waals surface area contributed by atoms with Crippen LogP contribution in [0.2, 0.25) is 0 Å². The molecule has 32 heavy (non-hydrogen) atoms. The van der Waals surface area contributed by atoms with Crippen LogP contribution in [-0.2, 0) is 13.1 Å². The van der Waals surface area contributed by atoms with Crippen LogP contribution in [0.4, 0.5) is 10.1 Å². The van der Waals surface area contributed by atoms with E-state index in [-0.39, 0.29) is 10.9 Å². The Kier molecular flexibility index (Phi) is 6.02. The summed E-state index contributed by atoms with van der Waals surface area (Å²) in [6.07, 6.45) is 1.34. The van der Waals surface area contributed by atoms with Crippen LogP contribution < -0.4 is 10.3 Å². The van der Waals surface area contributed by atoms with Crippen LogP contribution in [0.15, 0.2) is 41.3 Å². The Hall–Kier alpha value is -3.19. The second-order valence-electron chi connectivity index (χ2n) is 8.54. The predicted molar refractivity (Wildman–Crippen MR) is 124 cm³/mol. The first-order valence-corrected chi connectivity index (χ1v) is 10.9. The van der Waals surface area contributed by atoms with Crippen LogP contribution in [-0.4, -0.2) is 46.7 Å². The average Bonchev–Trinajstić information content (AvgIpc) is 2.74. The van der Waals surface area contributed by atoms with Gasteiger partial charge in [-0.2, -0.15) is 0 Å². The number of nitrogens with zero attached hydrogens (tertiary/aromatic N) is 3. The number of carbonyl (C=O) groups is 1. The van der Waals surface area contributed by atoms with Crippen molar-refractivity contribution in [1.82, 2.24) is 9.47 Å². The standard InChI is InChI=1S/C25H28FN3O3/c1-4-28-15-20(25(31)32)24(30)19-12-21(26)23(13-22(19)28)29-7-5-27(6-8-29)14-18-10-16(2)9-17(3)11-18/h9-13,15H,4-8,14H2,1-3H3,(H,31,32). The van der Waals surface area contributed by atoms with Crippen molar-refractivity contribution in [2.24, 2.45) is 0 Å². The van der Waals surface area contributed by atoms with Crippen molar-refractivity contribution in [2.45, 2.75) is 33.9 Å². The number of piperazine rings is 1. The molecule has 1 aliphatic heterocycles. The third-order valence-electron chi connectivity index (χ3n) is 6.12. The van der Waals surface area contributed by atoms with Crippen molar-refractivity contribution in [1.29, 1.82) is 0 Å². The van der Waals surface area contributed by atoms with Gasteiger partial charge in [-0.15, -0.1) is 0 Å². The molecule has 1 aliphatic rings. The molecule has 1 fully saturated rings. The van der Waals surface area contributed by atoms with Gasteiger partial charge in [-0.05, 0) is 38.5 Å². The maximum absolute atomic E-state index is 15.0. The van der Waals surface area contributed by atoms with Gasteiger partial charge >= 0.3 is 5.97 Å². The fraction of sp³-hybridized carbons (Fsp3) is 0.360. The summed E-state index contributed by atoms with van der Waals surface area (Å²) in [5, 5.41) is 9.41. The molecule has 1 aromatic heterocycles. The quantitative estimate of drug-likeness (QED) is 0.658. The van der Waals surface area contributed by atoms with Gasteiger partial charge in [0.1, 0.15) is 11.4 Å². The molecule has 2 heterocycles. The molecule has 0 atom stereocenters. The Morgan fingerprint density at radius 1 is 1.03 bits per heavy atom. The number of aromatic carboxylic acids is 1. The molecule has 1 N–H and O–H groups in total. The normalized spacial score (nSPS) is 14.8. The van der Waals surface area contributed by atoms with Crippen molar-refractivity contribution in [3.8, 4) is 0 Å². The van der Waals surface area contributed by atoms with E-state index in [4.69, 9.17) is 0 Å². The van der Waals surface area contributed by atoms with E-state index in [2.05, 4.69) is 36.9 Å². The lowest BCUT2D eigenvalue weighted by Gasteiger charge is -2.36. The number of aromatic nitrogens is 1. The molecule has 0 amide bonds. The van der Waals surface area contributed by atoms with Crippen molar-refractivity contribution in [3.05, 3.63) is 74.8 Å². The van der Waals surface area contributed by atoms with E-state index in [0.717, 1.165) is 19.6 Å². The smallest absolute Gasteiger partial charge is 0.341 e. The lowest BCUT2D eigenvalue weighted by Crippen LogP contribution is -2.46. The van der Waals surface area contributed by atoms with Crippen LogP contribution >= 0.6 is 0 Å². The molecular formula is C25H28FN3O3. The summed E-state index contributed by atoms with van der Waals surface area (Å²) >= 11 is 0. The SMILES string of the molecule is CCn1cc(C(=O)O)c(=O)c2cc(F)c(N3CCN(Cc4cc(C)cc(C)c4)CC3)cc21. The molecule has 3 aromatic rings. The predicted octanol–water partition coefficient (Wildman–Crippen LogP) is 3.80. The summed E-state index contributed by atoms with van der Waals surface area (Å²) in [6, 6.07) is 9.45. The maximum atomic E-state index is 15.0. The first-order valence-electron chi connectivity index (χ1n) is 10.9. The number of aryl methyl sites for hydroxylation is 3. The number of halogens is 1. The number of rotatable bonds is 5. The average molecular weight is 438 g/mol. The summed E-state index contributed by atoms with van der Waals surface area (Å²) in [5.74, 6) is -1.80. The van der Waals surface area contributed by atoms with E-state index in [1.807, 2.05) is 11.8 Å². The molecule has 2 aromatic carbocycles. The summed E-state index contributed by atoms with van der Waals surface area (Å²) in [6.45, 7) is 10.4. The van der Waals surface area contributed by atoms with Crippen molar-refractivity contribution in [3.63, 3.8) is 0 Å². The number of fused-ring (bicyclic) bond motifs is 1. The lowest BCUT2D eigenvalue weighted by molar-refractivity contribution is 0.0695. The number of benzene rings is 2. The zero-order chi connectivity index (χ0) is 23.0. The zero-order valence-electron chi connectivity index (χ0n) is 18.7. The molecule has 0 unspecified atom stereocenters. The van der Waals surface area contributed by atoms with Crippen LogP contribution in [0.1, 0.15) is 34.0 Å². The molecule has 0 radical (unpaired) electrons. The van der Waals surface area contributed by atoms with Crippen molar-refractivity contribution < 1.29 is 14.3 Å². The van der Waals surface area contributed by atoms with Crippen molar-refractivity contribution >= 4 is 22.6 Å². The summed E-state index contributed by atoms with van der Waals surface area (Å²) < 4.78 is 16.7. The zero-order valence-corrected chi connectivity index (χ0v) is 18.7. The minimum absolute atomic E-state index is 0.0986. The van der Waals surface area contributed by atoms with Crippen LogP contribution in [0.25, 0.3) is 10.9 Å². The highest BCUT2D eigenvalue weighted by molar-refractivity contribution is 5.93. The Balaban J connectivity index is 1.58. The molecular weight excluding hydrogens is 409 g/mol. The van der Waals surface area contributed by atoms with E-state index in [1.54, 1.807) is 10.6 Å². The molecule has 168 valence electrons. The van der Waals surface area contributed by atoms with Gasteiger partial charge in [0.25, 0.3) is 0 Å². The van der Waals surface area contributed by atoms with Gasteiger partial charge in [0.2, 0.25) is 5.43 Å². The first kappa shape index (κ1) is 22.0. The van der Waals surface area contributed by atoms with Gasteiger partial charge in [0, 0.05) is 50.9 Å². The van der Waals surface area contributed by atoms with Gasteiger partial charge < -0.3 is 14.6 Å². The van der Waals surface area contributed by atoms with E-state index < -0.39 is 17.2 Å². The molecule has 4 rings (SSSR count). The van der Waals surface area contributed by atoms with Crippen LogP contribution in [0, 0.1) is 19.7 Å². The third kappa shape index (κ3) is 4.25. The summed E-state index contributed by atoms with van der Waals surface area (Å²) in [7, 11) is 0. The summed E-state index contributed by atoms with van der Waals surface area (Å²) in [4.78, 5) is 28.3. The van der Waals surface area contributed by atoms with Gasteiger partial charge in [-0.1, -0.05) is 29.3 Å². The monoisotopic (exact) mass is 437 g/mol. The fourth-order valence-corrected chi connectivity index (χ4v) is 4.62. The Labute approximate surface area is 186 Å². The van der Waals surface area contributed by atoms with E-state index in [9.17, 15) is 14.7 Å². The highest BCUT2D eigenvalue weighted by Crippen LogP contribution is 2.27. The van der Waals surface area contributed by atoms with Crippen LogP contribution in [0.5, 0.6) is 0 Å².